The van der Waals surface area contributed by atoms with Crippen molar-refractivity contribution in [1.82, 2.24) is 5.32 Å². The van der Waals surface area contributed by atoms with Crippen LogP contribution in [0.1, 0.15) is 38.7 Å². The third kappa shape index (κ3) is 2.22. The van der Waals surface area contributed by atoms with Crippen LogP contribution in [0.25, 0.3) is 0 Å². The predicted octanol–water partition coefficient (Wildman–Crippen LogP) is 3.02. The molecule has 0 saturated carbocycles. The van der Waals surface area contributed by atoms with Gasteiger partial charge in [-0.05, 0) is 49.4 Å². The lowest BCUT2D eigenvalue weighted by molar-refractivity contribution is 0.309. The van der Waals surface area contributed by atoms with E-state index in [1.165, 1.54) is 18.4 Å². The Morgan fingerprint density at radius 1 is 1.44 bits per heavy atom. The van der Waals surface area contributed by atoms with E-state index in [4.69, 9.17) is 0 Å². The van der Waals surface area contributed by atoms with Gasteiger partial charge in [0.05, 0.1) is 0 Å². The first kappa shape index (κ1) is 11.5. The van der Waals surface area contributed by atoms with Gasteiger partial charge < -0.3 is 10.4 Å². The average molecular weight is 219 g/mol. The van der Waals surface area contributed by atoms with E-state index in [1.807, 2.05) is 12.1 Å². The Kier molecular flexibility index (Phi) is 3.20. The number of nitrogens with one attached hydrogen (secondary N) is 1. The zero-order valence-corrected chi connectivity index (χ0v) is 10.2. The Balaban J connectivity index is 2.31. The van der Waals surface area contributed by atoms with Gasteiger partial charge in [0, 0.05) is 5.54 Å². The van der Waals surface area contributed by atoms with Crippen LogP contribution in [0.4, 0.5) is 0 Å². The minimum Gasteiger partial charge on any atom is -0.508 e. The third-order valence-corrected chi connectivity index (χ3v) is 3.40. The van der Waals surface area contributed by atoms with Gasteiger partial charge in [-0.1, -0.05) is 26.0 Å². The highest BCUT2D eigenvalue weighted by molar-refractivity contribution is 5.33. The van der Waals surface area contributed by atoms with Gasteiger partial charge in [0.25, 0.3) is 0 Å². The van der Waals surface area contributed by atoms with E-state index >= 15 is 0 Å². The fourth-order valence-electron chi connectivity index (χ4n) is 2.85. The number of phenolic OH excluding ortho intramolecular Hbond substituents is 1. The molecule has 1 saturated heterocycles. The molecule has 0 bridgehead atoms. The fraction of sp³-hybridized carbons (Fsp3) is 0.571. The SMILES string of the molecule is CC(C)CC1(c2cccc(O)c2)CCCN1. The Labute approximate surface area is 97.7 Å². The number of hydrogen-bond acceptors (Lipinski definition) is 2. The molecule has 2 N–H and O–H groups in total. The molecule has 0 spiro atoms. The molecule has 1 heterocycles. The highest BCUT2D eigenvalue weighted by atomic mass is 16.3. The second-order valence-electron chi connectivity index (χ2n) is 5.26. The van der Waals surface area contributed by atoms with Gasteiger partial charge in [0.2, 0.25) is 0 Å². The maximum Gasteiger partial charge on any atom is 0.115 e. The summed E-state index contributed by atoms with van der Waals surface area (Å²) in [5, 5.41) is 13.2. The summed E-state index contributed by atoms with van der Waals surface area (Å²) >= 11 is 0. The number of benzene rings is 1. The first-order chi connectivity index (χ1) is 7.62. The van der Waals surface area contributed by atoms with E-state index in [-0.39, 0.29) is 5.54 Å². The molecule has 2 heteroatoms. The average Bonchev–Trinajstić information content (AvgIpc) is 2.66. The van der Waals surface area contributed by atoms with E-state index in [2.05, 4.69) is 25.2 Å². The van der Waals surface area contributed by atoms with E-state index in [9.17, 15) is 5.11 Å². The monoisotopic (exact) mass is 219 g/mol. The molecule has 1 aromatic carbocycles. The predicted molar refractivity (Wildman–Crippen MR) is 66.5 cm³/mol. The van der Waals surface area contributed by atoms with Gasteiger partial charge in [-0.2, -0.15) is 0 Å². The zero-order chi connectivity index (χ0) is 11.6. The topological polar surface area (TPSA) is 32.3 Å². The van der Waals surface area contributed by atoms with E-state index < -0.39 is 0 Å². The quantitative estimate of drug-likeness (QED) is 0.819. The highest BCUT2D eigenvalue weighted by Gasteiger charge is 2.35. The molecule has 1 aromatic rings. The van der Waals surface area contributed by atoms with Crippen LogP contribution in [0.3, 0.4) is 0 Å². The fourth-order valence-corrected chi connectivity index (χ4v) is 2.85. The summed E-state index contributed by atoms with van der Waals surface area (Å²) in [5.74, 6) is 1.03. The molecule has 0 radical (unpaired) electrons. The van der Waals surface area contributed by atoms with Gasteiger partial charge in [0.15, 0.2) is 0 Å². The van der Waals surface area contributed by atoms with Crippen LogP contribution in [0, 0.1) is 5.92 Å². The van der Waals surface area contributed by atoms with E-state index in [1.54, 1.807) is 6.07 Å². The first-order valence-electron chi connectivity index (χ1n) is 6.17. The van der Waals surface area contributed by atoms with Crippen LogP contribution in [-0.4, -0.2) is 11.7 Å². The van der Waals surface area contributed by atoms with Gasteiger partial charge in [0.1, 0.15) is 5.75 Å². The summed E-state index contributed by atoms with van der Waals surface area (Å²) in [6.07, 6.45) is 3.54. The smallest absolute Gasteiger partial charge is 0.115 e. The maximum atomic E-state index is 9.59. The van der Waals surface area contributed by atoms with Crippen LogP contribution in [0.15, 0.2) is 24.3 Å². The summed E-state index contributed by atoms with van der Waals surface area (Å²) in [6.45, 7) is 5.59. The zero-order valence-electron chi connectivity index (χ0n) is 10.2. The lowest BCUT2D eigenvalue weighted by Gasteiger charge is -2.32. The molecule has 0 amide bonds. The Morgan fingerprint density at radius 3 is 2.81 bits per heavy atom. The first-order valence-corrected chi connectivity index (χ1v) is 6.17. The summed E-state index contributed by atoms with van der Waals surface area (Å²) in [6, 6.07) is 7.70. The Bertz CT molecular complexity index is 354. The normalized spacial score (nSPS) is 25.2. The molecule has 0 aliphatic carbocycles. The summed E-state index contributed by atoms with van der Waals surface area (Å²) in [4.78, 5) is 0. The van der Waals surface area contributed by atoms with Gasteiger partial charge in [-0.3, -0.25) is 0 Å². The van der Waals surface area contributed by atoms with Crippen molar-refractivity contribution in [1.29, 1.82) is 0 Å². The Morgan fingerprint density at radius 2 is 2.25 bits per heavy atom. The standard InChI is InChI=1S/C14H21NO/c1-11(2)10-14(7-4-8-15-14)12-5-3-6-13(16)9-12/h3,5-6,9,11,15-16H,4,7-8,10H2,1-2H3. The van der Waals surface area contributed by atoms with Crippen LogP contribution in [-0.2, 0) is 5.54 Å². The molecule has 0 aromatic heterocycles. The number of aromatic hydroxyl groups is 1. The van der Waals surface area contributed by atoms with Gasteiger partial charge >= 0.3 is 0 Å². The Hall–Kier alpha value is -1.02. The van der Waals surface area contributed by atoms with Crippen molar-refractivity contribution in [3.8, 4) is 5.75 Å². The minimum atomic E-state index is 0.0902. The molecule has 1 atom stereocenters. The second-order valence-corrected chi connectivity index (χ2v) is 5.26. The van der Waals surface area contributed by atoms with Crippen molar-refractivity contribution < 1.29 is 5.11 Å². The van der Waals surface area contributed by atoms with Crippen LogP contribution in [0.2, 0.25) is 0 Å². The summed E-state index contributed by atoms with van der Waals surface area (Å²) in [7, 11) is 0. The number of phenols is 1. The third-order valence-electron chi connectivity index (χ3n) is 3.40. The number of rotatable bonds is 3. The molecule has 2 nitrogen and oxygen atoms in total. The van der Waals surface area contributed by atoms with Gasteiger partial charge in [-0.25, -0.2) is 0 Å². The molecule has 2 rings (SSSR count). The van der Waals surface area contributed by atoms with Crippen molar-refractivity contribution in [3.05, 3.63) is 29.8 Å². The van der Waals surface area contributed by atoms with Crippen LogP contribution >= 0.6 is 0 Å². The summed E-state index contributed by atoms with van der Waals surface area (Å²) in [5.41, 5.74) is 1.33. The molecule has 1 fully saturated rings. The molecule has 1 aliphatic heterocycles. The minimum absolute atomic E-state index is 0.0902. The highest BCUT2D eigenvalue weighted by Crippen LogP contribution is 2.37. The maximum absolute atomic E-state index is 9.59. The molecule has 88 valence electrons. The van der Waals surface area contributed by atoms with Crippen molar-refractivity contribution >= 4 is 0 Å². The van der Waals surface area contributed by atoms with Crippen LogP contribution in [0.5, 0.6) is 5.75 Å². The van der Waals surface area contributed by atoms with Crippen LogP contribution < -0.4 is 5.32 Å². The van der Waals surface area contributed by atoms with Crippen molar-refractivity contribution in [2.24, 2.45) is 5.92 Å². The van der Waals surface area contributed by atoms with E-state index in [0.717, 1.165) is 13.0 Å². The lowest BCUT2D eigenvalue weighted by Crippen LogP contribution is -2.38. The van der Waals surface area contributed by atoms with Crippen molar-refractivity contribution in [2.75, 3.05) is 6.54 Å². The molecular formula is C14H21NO. The van der Waals surface area contributed by atoms with E-state index in [0.29, 0.717) is 11.7 Å². The molecule has 16 heavy (non-hydrogen) atoms. The molecular weight excluding hydrogens is 198 g/mol. The van der Waals surface area contributed by atoms with Crippen molar-refractivity contribution in [2.45, 2.75) is 38.6 Å². The van der Waals surface area contributed by atoms with Crippen molar-refractivity contribution in [3.63, 3.8) is 0 Å². The second kappa shape index (κ2) is 4.46. The summed E-state index contributed by atoms with van der Waals surface area (Å²) < 4.78 is 0. The number of hydrogen-bond donors (Lipinski definition) is 2. The molecule has 1 unspecified atom stereocenters. The largest absolute Gasteiger partial charge is 0.508 e. The van der Waals surface area contributed by atoms with Gasteiger partial charge in [-0.15, -0.1) is 0 Å². The lowest BCUT2D eigenvalue weighted by atomic mass is 9.81. The molecule has 1 aliphatic rings.